The van der Waals surface area contributed by atoms with E-state index in [-0.39, 0.29) is 21.3 Å². The number of halogens is 4. The standard InChI is InChI=1S/C16H11Cl2F2NO3/c1-8(15(22)21-14-12(17)3-2-4-13(14)18)24-16(23)9-5-10(19)7-11(20)6-9/h2-8H,1H3,(H,21,22)/t8-/m0/s1. The Bertz CT molecular complexity index is 758. The molecule has 2 rings (SSSR count). The van der Waals surface area contributed by atoms with Gasteiger partial charge in [-0.25, -0.2) is 13.6 Å². The average Bonchev–Trinajstić information content (AvgIpc) is 2.49. The first kappa shape index (κ1) is 18.2. The van der Waals surface area contributed by atoms with E-state index in [2.05, 4.69) is 5.32 Å². The van der Waals surface area contributed by atoms with Crippen molar-refractivity contribution >= 4 is 40.8 Å². The van der Waals surface area contributed by atoms with Crippen molar-refractivity contribution in [3.63, 3.8) is 0 Å². The lowest BCUT2D eigenvalue weighted by molar-refractivity contribution is -0.123. The summed E-state index contributed by atoms with van der Waals surface area (Å²) in [5, 5.41) is 2.85. The molecule has 0 fully saturated rings. The Kier molecular flexibility index (Phi) is 5.75. The number of hydrogen-bond acceptors (Lipinski definition) is 3. The van der Waals surface area contributed by atoms with Crippen molar-refractivity contribution in [1.29, 1.82) is 0 Å². The molecule has 0 aliphatic rings. The highest BCUT2D eigenvalue weighted by atomic mass is 35.5. The fourth-order valence-electron chi connectivity index (χ4n) is 1.80. The number of rotatable bonds is 4. The zero-order chi connectivity index (χ0) is 17.9. The van der Waals surface area contributed by atoms with Crippen molar-refractivity contribution in [2.24, 2.45) is 0 Å². The lowest BCUT2D eigenvalue weighted by atomic mass is 10.2. The highest BCUT2D eigenvalue weighted by Crippen LogP contribution is 2.30. The number of carbonyl (C=O) groups excluding carboxylic acids is 2. The maximum atomic E-state index is 13.1. The van der Waals surface area contributed by atoms with E-state index in [4.69, 9.17) is 27.9 Å². The highest BCUT2D eigenvalue weighted by Gasteiger charge is 2.21. The molecule has 0 radical (unpaired) electrons. The molecule has 2 aromatic rings. The van der Waals surface area contributed by atoms with Crippen molar-refractivity contribution in [2.75, 3.05) is 5.32 Å². The average molecular weight is 374 g/mol. The number of nitrogens with one attached hydrogen (secondary N) is 1. The fraction of sp³-hybridized carbons (Fsp3) is 0.125. The number of carbonyl (C=O) groups is 2. The van der Waals surface area contributed by atoms with Crippen molar-refractivity contribution in [3.05, 3.63) is 63.6 Å². The topological polar surface area (TPSA) is 55.4 Å². The van der Waals surface area contributed by atoms with Gasteiger partial charge in [0.2, 0.25) is 0 Å². The van der Waals surface area contributed by atoms with E-state index in [0.29, 0.717) is 6.07 Å². The number of esters is 1. The lowest BCUT2D eigenvalue weighted by Gasteiger charge is -2.15. The molecule has 0 saturated heterocycles. The molecular formula is C16H11Cl2F2NO3. The van der Waals surface area contributed by atoms with Gasteiger partial charge in [0.15, 0.2) is 6.10 Å². The molecule has 126 valence electrons. The van der Waals surface area contributed by atoms with Gasteiger partial charge in [-0.2, -0.15) is 0 Å². The molecule has 0 unspecified atom stereocenters. The Labute approximate surface area is 146 Å². The predicted octanol–water partition coefficient (Wildman–Crippen LogP) is 4.46. The summed E-state index contributed by atoms with van der Waals surface area (Å²) in [5.74, 6) is -3.60. The molecule has 1 N–H and O–H groups in total. The van der Waals surface area contributed by atoms with Crippen LogP contribution in [0, 0.1) is 11.6 Å². The summed E-state index contributed by atoms with van der Waals surface area (Å²) in [6.07, 6.45) is -1.24. The van der Waals surface area contributed by atoms with Gasteiger partial charge in [0.25, 0.3) is 5.91 Å². The van der Waals surface area contributed by atoms with Gasteiger partial charge in [-0.05, 0) is 31.2 Å². The number of para-hydroxylation sites is 1. The number of hydrogen-bond donors (Lipinski definition) is 1. The molecule has 0 heterocycles. The van der Waals surface area contributed by atoms with E-state index < -0.39 is 29.6 Å². The second-order valence-electron chi connectivity index (χ2n) is 4.79. The molecule has 0 saturated carbocycles. The van der Waals surface area contributed by atoms with Crippen LogP contribution in [0.3, 0.4) is 0 Å². The first-order chi connectivity index (χ1) is 11.3. The Morgan fingerprint density at radius 3 is 2.17 bits per heavy atom. The predicted molar refractivity (Wildman–Crippen MR) is 86.3 cm³/mol. The Balaban J connectivity index is 2.07. The molecule has 0 aliphatic heterocycles. The number of amides is 1. The maximum Gasteiger partial charge on any atom is 0.339 e. The third-order valence-electron chi connectivity index (χ3n) is 2.96. The van der Waals surface area contributed by atoms with Gasteiger partial charge in [-0.3, -0.25) is 4.79 Å². The second-order valence-corrected chi connectivity index (χ2v) is 5.61. The number of ether oxygens (including phenoxy) is 1. The zero-order valence-electron chi connectivity index (χ0n) is 12.3. The molecule has 2 aromatic carbocycles. The van der Waals surface area contributed by atoms with E-state index >= 15 is 0 Å². The third-order valence-corrected chi connectivity index (χ3v) is 3.59. The van der Waals surface area contributed by atoms with Crippen molar-refractivity contribution in [2.45, 2.75) is 13.0 Å². The normalized spacial score (nSPS) is 11.7. The summed E-state index contributed by atoms with van der Waals surface area (Å²) in [7, 11) is 0. The minimum Gasteiger partial charge on any atom is -0.449 e. The smallest absolute Gasteiger partial charge is 0.339 e. The van der Waals surface area contributed by atoms with E-state index in [1.807, 2.05) is 0 Å². The van der Waals surface area contributed by atoms with Crippen LogP contribution < -0.4 is 5.32 Å². The summed E-state index contributed by atoms with van der Waals surface area (Å²) in [4.78, 5) is 23.9. The molecule has 1 amide bonds. The van der Waals surface area contributed by atoms with Crippen molar-refractivity contribution in [1.82, 2.24) is 0 Å². The van der Waals surface area contributed by atoms with Gasteiger partial charge in [0.1, 0.15) is 11.6 Å². The minimum absolute atomic E-state index is 0.172. The monoisotopic (exact) mass is 373 g/mol. The van der Waals surface area contributed by atoms with Gasteiger partial charge in [-0.15, -0.1) is 0 Å². The summed E-state index contributed by atoms with van der Waals surface area (Å²) in [5.41, 5.74) is -0.173. The fourth-order valence-corrected chi connectivity index (χ4v) is 2.29. The third kappa shape index (κ3) is 4.43. The maximum absolute atomic E-state index is 13.1. The van der Waals surface area contributed by atoms with Crippen LogP contribution in [0.1, 0.15) is 17.3 Å². The van der Waals surface area contributed by atoms with Crippen LogP contribution in [0.2, 0.25) is 10.0 Å². The van der Waals surface area contributed by atoms with Crippen LogP contribution in [0.5, 0.6) is 0 Å². The molecule has 24 heavy (non-hydrogen) atoms. The van der Waals surface area contributed by atoms with Gasteiger partial charge in [-0.1, -0.05) is 29.3 Å². The summed E-state index contributed by atoms with van der Waals surface area (Å²) >= 11 is 11.8. The quantitative estimate of drug-likeness (QED) is 0.805. The van der Waals surface area contributed by atoms with Gasteiger partial charge < -0.3 is 10.1 Å². The van der Waals surface area contributed by atoms with Crippen LogP contribution in [0.15, 0.2) is 36.4 Å². The van der Waals surface area contributed by atoms with Crippen LogP contribution in [-0.4, -0.2) is 18.0 Å². The van der Waals surface area contributed by atoms with E-state index in [0.717, 1.165) is 12.1 Å². The van der Waals surface area contributed by atoms with Crippen LogP contribution in [0.25, 0.3) is 0 Å². The van der Waals surface area contributed by atoms with Gasteiger partial charge in [0, 0.05) is 6.07 Å². The Morgan fingerprint density at radius 2 is 1.62 bits per heavy atom. The second kappa shape index (κ2) is 7.59. The molecule has 0 bridgehead atoms. The number of anilines is 1. The largest absolute Gasteiger partial charge is 0.449 e. The molecule has 0 spiro atoms. The van der Waals surface area contributed by atoms with Crippen LogP contribution >= 0.6 is 23.2 Å². The Morgan fingerprint density at radius 1 is 1.08 bits per heavy atom. The van der Waals surface area contributed by atoms with E-state index in [9.17, 15) is 18.4 Å². The van der Waals surface area contributed by atoms with Crippen molar-refractivity contribution in [3.8, 4) is 0 Å². The lowest BCUT2D eigenvalue weighted by Crippen LogP contribution is -2.30. The first-order valence-corrected chi connectivity index (χ1v) is 7.45. The zero-order valence-corrected chi connectivity index (χ0v) is 13.8. The van der Waals surface area contributed by atoms with Crippen LogP contribution in [-0.2, 0) is 9.53 Å². The summed E-state index contributed by atoms with van der Waals surface area (Å²) < 4.78 is 31.1. The SMILES string of the molecule is C[C@H](OC(=O)c1cc(F)cc(F)c1)C(=O)Nc1c(Cl)cccc1Cl. The molecule has 1 atom stereocenters. The molecular weight excluding hydrogens is 363 g/mol. The Hall–Kier alpha value is -2.18. The summed E-state index contributed by atoms with van der Waals surface area (Å²) in [6.45, 7) is 1.30. The summed E-state index contributed by atoms with van der Waals surface area (Å²) in [6, 6.07) is 6.88. The first-order valence-electron chi connectivity index (χ1n) is 6.70. The molecule has 4 nitrogen and oxygen atoms in total. The van der Waals surface area contributed by atoms with Crippen molar-refractivity contribution < 1.29 is 23.1 Å². The van der Waals surface area contributed by atoms with E-state index in [1.165, 1.54) is 19.1 Å². The van der Waals surface area contributed by atoms with Gasteiger partial charge in [0.05, 0.1) is 21.3 Å². The van der Waals surface area contributed by atoms with E-state index in [1.54, 1.807) is 6.07 Å². The minimum atomic E-state index is -1.24. The number of benzene rings is 2. The van der Waals surface area contributed by atoms with Crippen LogP contribution in [0.4, 0.5) is 14.5 Å². The molecule has 8 heteroatoms. The van der Waals surface area contributed by atoms with Gasteiger partial charge >= 0.3 is 5.97 Å². The molecule has 0 aliphatic carbocycles. The molecule has 0 aromatic heterocycles. The highest BCUT2D eigenvalue weighted by molar-refractivity contribution is 6.39.